The lowest BCUT2D eigenvalue weighted by Gasteiger charge is -2.30. The molecular weight excluding hydrogens is 775 g/mol. The normalized spacial score (nSPS) is 23.4. The summed E-state index contributed by atoms with van der Waals surface area (Å²) >= 11 is 1.30. The summed E-state index contributed by atoms with van der Waals surface area (Å²) in [7, 11) is 1.57. The molecule has 0 bridgehead atoms. The fourth-order valence-corrected chi connectivity index (χ4v) is 9.51. The number of fused-ring (bicyclic) bond motifs is 1. The highest BCUT2D eigenvalue weighted by Crippen LogP contribution is 2.45. The number of thiazole rings is 1. The number of anilines is 1. The number of ether oxygens (including phenoxy) is 2. The zero-order valence-electron chi connectivity index (χ0n) is 33.8. The number of hydrogen-bond acceptors (Lipinski definition) is 10. The average Bonchev–Trinajstić information content (AvgIpc) is 3.84. The number of nitrogens with zero attached hydrogens (tertiary/aromatic N) is 3. The molecule has 0 radical (unpaired) electrons. The van der Waals surface area contributed by atoms with Gasteiger partial charge in [0.25, 0.3) is 0 Å². The Morgan fingerprint density at radius 1 is 1.07 bits per heavy atom. The van der Waals surface area contributed by atoms with Crippen molar-refractivity contribution < 1.29 is 38.6 Å². The maximum absolute atomic E-state index is 14.4. The van der Waals surface area contributed by atoms with E-state index in [1.807, 2.05) is 24.4 Å². The Morgan fingerprint density at radius 3 is 2.46 bits per heavy atom. The number of aliphatic carboxylic acids is 1. The van der Waals surface area contributed by atoms with E-state index in [0.29, 0.717) is 56.8 Å². The first kappa shape index (κ1) is 41.6. The van der Waals surface area contributed by atoms with Crippen molar-refractivity contribution in [2.75, 3.05) is 19.0 Å². The van der Waals surface area contributed by atoms with E-state index in [-0.39, 0.29) is 31.3 Å². The van der Waals surface area contributed by atoms with Gasteiger partial charge < -0.3 is 40.7 Å². The van der Waals surface area contributed by atoms with Crippen LogP contribution in [0, 0.1) is 18.8 Å². The zero-order valence-corrected chi connectivity index (χ0v) is 34.6. The summed E-state index contributed by atoms with van der Waals surface area (Å²) in [6, 6.07) is 2.57. The number of amides is 5. The predicted molar refractivity (Wildman–Crippen MR) is 223 cm³/mol. The average molecular weight is 828 g/mol. The minimum Gasteiger partial charge on any atom is -0.496 e. The summed E-state index contributed by atoms with van der Waals surface area (Å²) in [6.07, 6.45) is 9.54. The molecule has 5 atom stereocenters. The van der Waals surface area contributed by atoms with Crippen molar-refractivity contribution in [1.29, 1.82) is 0 Å². The van der Waals surface area contributed by atoms with Crippen LogP contribution in [0.3, 0.4) is 0 Å². The van der Waals surface area contributed by atoms with Gasteiger partial charge in [0.05, 0.1) is 24.9 Å². The molecule has 5 N–H and O–H groups in total. The van der Waals surface area contributed by atoms with E-state index in [0.717, 1.165) is 56.9 Å². The molecule has 2 aromatic heterocycles. The number of carboxylic acids is 1. The highest BCUT2D eigenvalue weighted by atomic mass is 32.1. The van der Waals surface area contributed by atoms with Gasteiger partial charge in [-0.1, -0.05) is 38.3 Å². The number of methoxy groups -OCH3 is 1. The van der Waals surface area contributed by atoms with Crippen molar-refractivity contribution in [3.63, 3.8) is 0 Å². The molecule has 1 saturated heterocycles. The van der Waals surface area contributed by atoms with Gasteiger partial charge in [-0.2, -0.15) is 0 Å². The Morgan fingerprint density at radius 2 is 1.80 bits per heavy atom. The van der Waals surface area contributed by atoms with Crippen LogP contribution < -0.4 is 30.7 Å². The van der Waals surface area contributed by atoms with Gasteiger partial charge in [-0.05, 0) is 69.6 Å². The van der Waals surface area contributed by atoms with Crippen molar-refractivity contribution in [2.24, 2.45) is 11.8 Å². The molecule has 3 heterocycles. The van der Waals surface area contributed by atoms with Crippen molar-refractivity contribution in [2.45, 2.75) is 114 Å². The smallest absolute Gasteiger partial charge is 0.330 e. The van der Waals surface area contributed by atoms with Crippen LogP contribution in [0.4, 0.5) is 9.93 Å². The highest BCUT2D eigenvalue weighted by Gasteiger charge is 2.61. The van der Waals surface area contributed by atoms with Crippen LogP contribution in [0.2, 0.25) is 0 Å². The molecule has 3 saturated carbocycles. The number of nitrogens with one attached hydrogen (secondary N) is 4. The maximum atomic E-state index is 14.4. The number of benzene rings is 1. The summed E-state index contributed by atoms with van der Waals surface area (Å²) in [6.45, 7) is 11.2. The minimum atomic E-state index is -1.53. The summed E-state index contributed by atoms with van der Waals surface area (Å²) in [5.74, 6) is -1.54. The molecule has 59 heavy (non-hydrogen) atoms. The molecule has 3 aromatic rings. The number of pyridine rings is 1. The number of carboxylic acid groups (broad SMARTS) is 1. The van der Waals surface area contributed by atoms with Crippen molar-refractivity contribution in [1.82, 2.24) is 30.8 Å². The Kier molecular flexibility index (Phi) is 12.3. The number of carbonyl (C=O) groups excluding carboxylic acids is 4. The summed E-state index contributed by atoms with van der Waals surface area (Å²) < 4.78 is 12.3. The van der Waals surface area contributed by atoms with Gasteiger partial charge in [-0.3, -0.25) is 14.4 Å². The highest BCUT2D eigenvalue weighted by molar-refractivity contribution is 7.14. The van der Waals surface area contributed by atoms with E-state index < -0.39 is 53.5 Å². The van der Waals surface area contributed by atoms with Crippen LogP contribution in [-0.2, 0) is 19.2 Å². The maximum Gasteiger partial charge on any atom is 0.330 e. The van der Waals surface area contributed by atoms with E-state index >= 15 is 0 Å². The Hall–Kier alpha value is -5.51. The molecular formula is C43H53N7O8S. The first-order valence-corrected chi connectivity index (χ1v) is 21.3. The first-order valence-electron chi connectivity index (χ1n) is 20.4. The predicted octanol–water partition coefficient (Wildman–Crippen LogP) is 5.87. The number of aryl methyl sites for hydroxylation is 1. The van der Waals surface area contributed by atoms with Gasteiger partial charge in [0.1, 0.15) is 40.9 Å². The summed E-state index contributed by atoms with van der Waals surface area (Å²) in [5, 5.41) is 24.4. The lowest BCUT2D eigenvalue weighted by molar-refractivity contribution is -0.145. The number of likely N-dealkylation sites (tertiary alicyclic amines) is 1. The Balaban J connectivity index is 1.18. The van der Waals surface area contributed by atoms with Crippen molar-refractivity contribution in [3.8, 4) is 22.9 Å². The number of carbonyl (C=O) groups is 5. The molecule has 0 unspecified atom stereocenters. The second kappa shape index (κ2) is 17.4. The molecule has 16 heteroatoms. The Bertz CT molecular complexity index is 2160. The molecule has 5 amide bonds. The van der Waals surface area contributed by atoms with Gasteiger partial charge >= 0.3 is 12.0 Å². The van der Waals surface area contributed by atoms with Crippen LogP contribution >= 0.6 is 11.3 Å². The standard InChI is InChI=1S/C43H53N7O8S/c1-6-26-20-43(26,40(54)55)49-38(52)32-18-28(21-50(32)39(53)36(23(2)3)48-41(56)44-27-13-9-10-14-27)58-34-19-30(45-37-24(4)33(57-5)16-15-29(34)37)31-22-59-42(46-31)47-35(51)17-25-11-7-8-12-25/h6,15-16,19,22,25-28,32,36H,1-2,7-14,17-18,20-21H2,3-5H3,(H,49,52)(H,54,55)(H2,44,48,56)(H,46,47,51)/t26-,28-,32+,36+,43-/m1/s1. The summed E-state index contributed by atoms with van der Waals surface area (Å²) in [5.41, 5.74) is 1.17. The molecule has 4 aliphatic rings. The fraction of sp³-hybridized carbons (Fsp3) is 0.512. The quantitative estimate of drug-likeness (QED) is 0.115. The topological polar surface area (TPSA) is 201 Å². The molecule has 1 aromatic carbocycles. The molecule has 4 fully saturated rings. The number of rotatable bonds is 15. The lowest BCUT2D eigenvalue weighted by atomic mass is 10.0. The van der Waals surface area contributed by atoms with E-state index in [9.17, 15) is 29.1 Å². The van der Waals surface area contributed by atoms with E-state index in [1.54, 1.807) is 20.1 Å². The van der Waals surface area contributed by atoms with Crippen LogP contribution in [0.5, 0.6) is 11.5 Å². The van der Waals surface area contributed by atoms with Gasteiger partial charge in [0.2, 0.25) is 17.7 Å². The van der Waals surface area contributed by atoms with E-state index in [1.165, 1.54) is 22.3 Å². The molecule has 314 valence electrons. The number of aromatic nitrogens is 2. The fourth-order valence-electron chi connectivity index (χ4n) is 8.79. The number of hydrogen-bond donors (Lipinski definition) is 5. The van der Waals surface area contributed by atoms with Crippen LogP contribution in [0.25, 0.3) is 22.3 Å². The number of urea groups is 1. The molecule has 3 aliphatic carbocycles. The van der Waals surface area contributed by atoms with Gasteiger partial charge in [0, 0.05) is 47.2 Å². The lowest BCUT2D eigenvalue weighted by Crippen LogP contribution is -2.57. The van der Waals surface area contributed by atoms with Crippen molar-refractivity contribution >= 4 is 57.1 Å². The van der Waals surface area contributed by atoms with Crippen LogP contribution in [-0.4, -0.2) is 93.1 Å². The zero-order chi connectivity index (χ0) is 42.0. The SMILES string of the molecule is C=C[C@@H]1C[C@]1(NC(=O)[C@@H]1C[C@@H](Oc2cc(-c3csc(NC(=O)CC4CCCC4)n3)nc3c(C)c(OC)ccc23)CN1C(=O)[C@@H](NC(=O)NC1CCCC1)C(=C)C)C(=O)O. The monoisotopic (exact) mass is 827 g/mol. The van der Waals surface area contributed by atoms with E-state index in [2.05, 4.69) is 34.4 Å². The van der Waals surface area contributed by atoms with Gasteiger partial charge in [-0.25, -0.2) is 19.6 Å². The van der Waals surface area contributed by atoms with Crippen LogP contribution in [0.1, 0.15) is 83.1 Å². The first-order chi connectivity index (χ1) is 28.3. The van der Waals surface area contributed by atoms with Gasteiger partial charge in [0.15, 0.2) is 5.13 Å². The van der Waals surface area contributed by atoms with Gasteiger partial charge in [-0.15, -0.1) is 17.9 Å². The van der Waals surface area contributed by atoms with E-state index in [4.69, 9.17) is 19.4 Å². The Labute approximate surface area is 347 Å². The largest absolute Gasteiger partial charge is 0.496 e. The third-order valence-corrected chi connectivity index (χ3v) is 13.0. The third kappa shape index (κ3) is 8.92. The second-order valence-corrected chi connectivity index (χ2v) is 17.3. The van der Waals surface area contributed by atoms with Crippen LogP contribution in [0.15, 0.2) is 48.4 Å². The molecule has 0 spiro atoms. The second-order valence-electron chi connectivity index (χ2n) is 16.4. The minimum absolute atomic E-state index is 0.00223. The summed E-state index contributed by atoms with van der Waals surface area (Å²) in [4.78, 5) is 77.9. The third-order valence-electron chi connectivity index (χ3n) is 12.2. The molecule has 15 nitrogen and oxygen atoms in total. The molecule has 1 aliphatic heterocycles. The van der Waals surface area contributed by atoms with Crippen molar-refractivity contribution in [3.05, 3.63) is 53.9 Å². The molecule has 7 rings (SSSR count).